The first kappa shape index (κ1) is 19.5. The maximum Gasteiger partial charge on any atom is 0.370 e. The van der Waals surface area contributed by atoms with Crippen molar-refractivity contribution in [2.45, 2.75) is 13.8 Å². The van der Waals surface area contributed by atoms with Crippen molar-refractivity contribution in [1.29, 1.82) is 0 Å². The molecule has 0 bridgehead atoms. The molecule has 0 heterocycles. The molecule has 0 spiro atoms. The van der Waals surface area contributed by atoms with Crippen LogP contribution in [-0.4, -0.2) is 32.5 Å². The highest BCUT2D eigenvalue weighted by Crippen LogP contribution is 2.17. The minimum Gasteiger partial charge on any atom is -0.469 e. The van der Waals surface area contributed by atoms with Crippen LogP contribution in [0.5, 0.6) is 0 Å². The van der Waals surface area contributed by atoms with E-state index in [1.165, 1.54) is 0 Å². The molecule has 0 atom stereocenters. The van der Waals surface area contributed by atoms with Crippen molar-refractivity contribution < 1.29 is 19.1 Å². The summed E-state index contributed by atoms with van der Waals surface area (Å²) in [5, 5.41) is 2.12. The second-order valence-electron chi connectivity index (χ2n) is 5.20. The number of benzene rings is 2. The Balaban J connectivity index is 2.76. The lowest BCUT2D eigenvalue weighted by Gasteiger charge is -2.27. The van der Waals surface area contributed by atoms with Crippen molar-refractivity contribution in [3.8, 4) is 0 Å². The minimum atomic E-state index is -3.68. The van der Waals surface area contributed by atoms with Gasteiger partial charge in [0.05, 0.1) is 13.2 Å². The molecule has 0 aliphatic carbocycles. The average molecular weight is 397 g/mol. The summed E-state index contributed by atoms with van der Waals surface area (Å²) in [6.45, 7) is 3.72. The van der Waals surface area contributed by atoms with E-state index in [0.717, 1.165) is 0 Å². The molecule has 0 unspecified atom stereocenters. The van der Waals surface area contributed by atoms with Crippen molar-refractivity contribution in [3.05, 3.63) is 58.6 Å². The van der Waals surface area contributed by atoms with E-state index in [9.17, 15) is 9.59 Å². The fourth-order valence-corrected chi connectivity index (χ4v) is 6.35. The van der Waals surface area contributed by atoms with E-state index >= 15 is 0 Å². The largest absolute Gasteiger partial charge is 0.469 e. The van der Waals surface area contributed by atoms with Crippen LogP contribution in [0, 0.1) is 0 Å². The van der Waals surface area contributed by atoms with Gasteiger partial charge < -0.3 is 9.47 Å². The highest BCUT2D eigenvalue weighted by Gasteiger charge is 2.56. The fraction of sp³-hybridized carbons (Fsp3) is 0.222. The molecule has 7 heteroatoms. The first-order valence-electron chi connectivity index (χ1n) is 7.83. The van der Waals surface area contributed by atoms with E-state index in [4.69, 9.17) is 32.7 Å². The van der Waals surface area contributed by atoms with Crippen LogP contribution < -0.4 is 10.4 Å². The number of carbonyl (C=O) groups is 2. The van der Waals surface area contributed by atoms with Crippen molar-refractivity contribution in [1.82, 2.24) is 0 Å². The summed E-state index contributed by atoms with van der Waals surface area (Å²) in [6.07, 6.45) is 0. The topological polar surface area (TPSA) is 52.6 Å². The van der Waals surface area contributed by atoms with Crippen LogP contribution in [0.25, 0.3) is 0 Å². The average Bonchev–Trinajstić information content (AvgIpc) is 2.59. The van der Waals surface area contributed by atoms with Crippen molar-refractivity contribution in [2.24, 2.45) is 0 Å². The van der Waals surface area contributed by atoms with Crippen LogP contribution in [0.1, 0.15) is 13.8 Å². The normalized spacial score (nSPS) is 11.0. The molecule has 2 aromatic carbocycles. The SMILES string of the molecule is CCOC(=O)[Si](C(=O)OCC)(c1ccc(Cl)cc1)c1ccc(Cl)cc1. The molecular formula is C18H18Cl2O4Si. The second kappa shape index (κ2) is 8.51. The highest BCUT2D eigenvalue weighted by atomic mass is 35.5. The molecule has 0 saturated carbocycles. The van der Waals surface area contributed by atoms with Crippen molar-refractivity contribution in [2.75, 3.05) is 13.2 Å². The van der Waals surface area contributed by atoms with Crippen LogP contribution in [0.3, 0.4) is 0 Å². The third-order valence-electron chi connectivity index (χ3n) is 3.72. The number of hydrogen-bond donors (Lipinski definition) is 0. The maximum atomic E-state index is 13.0. The molecule has 132 valence electrons. The van der Waals surface area contributed by atoms with Crippen LogP contribution in [-0.2, 0) is 9.47 Å². The maximum absolute atomic E-state index is 13.0. The van der Waals surface area contributed by atoms with Gasteiger partial charge in [-0.05, 0) is 48.5 Å². The van der Waals surface area contributed by atoms with Gasteiger partial charge in [-0.2, -0.15) is 0 Å². The Morgan fingerprint density at radius 3 is 1.36 bits per heavy atom. The fourth-order valence-electron chi connectivity index (χ4n) is 2.60. The molecule has 4 nitrogen and oxygen atoms in total. The number of hydrogen-bond acceptors (Lipinski definition) is 4. The zero-order valence-electron chi connectivity index (χ0n) is 13.9. The molecule has 0 saturated heterocycles. The van der Waals surface area contributed by atoms with Crippen molar-refractivity contribution in [3.63, 3.8) is 0 Å². The zero-order valence-corrected chi connectivity index (χ0v) is 16.4. The predicted octanol–water partition coefficient (Wildman–Crippen LogP) is 4.03. The highest BCUT2D eigenvalue weighted by molar-refractivity contribution is 7.37. The van der Waals surface area contributed by atoms with Gasteiger partial charge in [-0.15, -0.1) is 0 Å². The number of rotatable bonds is 6. The van der Waals surface area contributed by atoms with Crippen molar-refractivity contribution >= 4 is 52.8 Å². The van der Waals surface area contributed by atoms with E-state index in [0.29, 0.717) is 20.4 Å². The quantitative estimate of drug-likeness (QED) is 0.691. The Kier molecular flexibility index (Phi) is 6.64. The Hall–Kier alpha value is -1.82. The minimum absolute atomic E-state index is 0.161. The molecule has 0 aliphatic heterocycles. The molecule has 0 radical (unpaired) electrons. The van der Waals surface area contributed by atoms with Gasteiger partial charge in [-0.1, -0.05) is 47.5 Å². The Labute approximate surface area is 157 Å². The monoisotopic (exact) mass is 396 g/mol. The molecule has 2 aromatic rings. The lowest BCUT2D eigenvalue weighted by Crippen LogP contribution is -2.70. The van der Waals surface area contributed by atoms with Crippen LogP contribution in [0.4, 0.5) is 9.59 Å². The number of ether oxygens (including phenoxy) is 2. The number of carbonyl (C=O) groups excluding carboxylic acids is 2. The summed E-state index contributed by atoms with van der Waals surface area (Å²) < 4.78 is 10.6. The molecule has 2 rings (SSSR count). The summed E-state index contributed by atoms with van der Waals surface area (Å²) in [6, 6.07) is 13.3. The molecule has 0 amide bonds. The summed E-state index contributed by atoms with van der Waals surface area (Å²) >= 11 is 12.0. The second-order valence-corrected chi connectivity index (χ2v) is 9.55. The zero-order chi connectivity index (χ0) is 18.4. The Bertz CT molecular complexity index is 679. The molecule has 25 heavy (non-hydrogen) atoms. The van der Waals surface area contributed by atoms with Crippen LogP contribution >= 0.6 is 23.2 Å². The summed E-state index contributed by atoms with van der Waals surface area (Å²) in [4.78, 5) is 26.0. The van der Waals surface area contributed by atoms with Gasteiger partial charge in [0.25, 0.3) is 11.2 Å². The predicted molar refractivity (Wildman–Crippen MR) is 102 cm³/mol. The summed E-state index contributed by atoms with van der Waals surface area (Å²) in [7, 11) is -3.68. The van der Waals surface area contributed by atoms with Gasteiger partial charge in [-0.25, -0.2) is 0 Å². The number of halogens is 2. The van der Waals surface area contributed by atoms with Crippen LogP contribution in [0.15, 0.2) is 48.5 Å². The van der Waals surface area contributed by atoms with Gasteiger partial charge in [0, 0.05) is 10.0 Å². The van der Waals surface area contributed by atoms with E-state index in [-0.39, 0.29) is 13.2 Å². The smallest absolute Gasteiger partial charge is 0.370 e. The van der Waals surface area contributed by atoms with Gasteiger partial charge >= 0.3 is 8.07 Å². The molecule has 0 N–H and O–H groups in total. The Morgan fingerprint density at radius 2 is 1.08 bits per heavy atom. The van der Waals surface area contributed by atoms with E-state index in [2.05, 4.69) is 0 Å². The third-order valence-corrected chi connectivity index (χ3v) is 8.13. The third kappa shape index (κ3) is 3.89. The molecular weight excluding hydrogens is 379 g/mol. The van der Waals surface area contributed by atoms with E-state index in [1.54, 1.807) is 62.4 Å². The first-order chi connectivity index (χ1) is 12.0. The van der Waals surface area contributed by atoms with Gasteiger partial charge in [-0.3, -0.25) is 9.59 Å². The molecule has 0 aromatic heterocycles. The van der Waals surface area contributed by atoms with Crippen LogP contribution in [0.2, 0.25) is 10.0 Å². The molecule has 0 fully saturated rings. The Morgan fingerprint density at radius 1 is 0.760 bits per heavy atom. The first-order valence-corrected chi connectivity index (χ1v) is 10.6. The standard InChI is InChI=1S/C18H18Cl2O4Si/c1-3-23-17(21)25(18(22)24-4-2,15-9-5-13(19)6-10-15)16-11-7-14(20)8-12-16/h5-12H,3-4H2,1-2H3. The lowest BCUT2D eigenvalue weighted by molar-refractivity contribution is 0.168. The lowest BCUT2D eigenvalue weighted by atomic mass is 10.4. The van der Waals surface area contributed by atoms with E-state index in [1.807, 2.05) is 0 Å². The van der Waals surface area contributed by atoms with Gasteiger partial charge in [0.2, 0.25) is 0 Å². The van der Waals surface area contributed by atoms with Gasteiger partial charge in [0.1, 0.15) is 0 Å². The summed E-state index contributed by atoms with van der Waals surface area (Å²) in [5.74, 6) is 0. The van der Waals surface area contributed by atoms with E-state index < -0.39 is 19.3 Å². The molecule has 0 aliphatic rings. The summed E-state index contributed by atoms with van der Waals surface area (Å²) in [5.41, 5.74) is -1.14. The van der Waals surface area contributed by atoms with Gasteiger partial charge in [0.15, 0.2) is 0 Å².